The second-order valence-electron chi connectivity index (χ2n) is 0.986. The minimum Gasteiger partial charge on any atom is -0.759 e. The Labute approximate surface area is 70.0 Å². The zero-order chi connectivity index (χ0) is 7.91. The van der Waals surface area contributed by atoms with E-state index in [9.17, 15) is 0 Å². The van der Waals surface area contributed by atoms with E-state index in [1.807, 2.05) is 0 Å². The summed E-state index contributed by atoms with van der Waals surface area (Å²) in [6, 6.07) is 0. The topological polar surface area (TPSA) is 132 Å². The molecule has 0 rings (SSSR count). The summed E-state index contributed by atoms with van der Waals surface area (Å²) in [6.45, 7) is 1.19. The Morgan fingerprint density at radius 2 is 1.20 bits per heavy atom. The largest absolute Gasteiger partial charge is 2.00 e. The molecule has 0 atom stereocenters. The van der Waals surface area contributed by atoms with Gasteiger partial charge < -0.3 is 20.6 Å². The monoisotopic (exact) mass is 212 g/mol. The van der Waals surface area contributed by atoms with Crippen LogP contribution >= 0.6 is 0 Å². The SMILES string of the molecule is NCCN.O=S(=O)([O-])[O-].[Fe+2]. The predicted octanol–water partition coefficient (Wildman–Crippen LogP) is -2.44. The molecule has 0 saturated heterocycles. The Morgan fingerprint density at radius 3 is 1.20 bits per heavy atom. The van der Waals surface area contributed by atoms with E-state index in [4.69, 9.17) is 29.0 Å². The van der Waals surface area contributed by atoms with Crippen LogP contribution in [0.4, 0.5) is 0 Å². The smallest absolute Gasteiger partial charge is 0.759 e. The molecule has 0 amide bonds. The molecule has 0 aliphatic carbocycles. The van der Waals surface area contributed by atoms with Crippen molar-refractivity contribution in [1.82, 2.24) is 0 Å². The van der Waals surface area contributed by atoms with Crippen molar-refractivity contribution in [2.24, 2.45) is 11.5 Å². The fraction of sp³-hybridized carbons (Fsp3) is 1.00. The van der Waals surface area contributed by atoms with Gasteiger partial charge in [0.1, 0.15) is 0 Å². The van der Waals surface area contributed by atoms with Gasteiger partial charge in [0.15, 0.2) is 0 Å². The third kappa shape index (κ3) is 259. The zero-order valence-corrected chi connectivity index (χ0v) is 6.88. The summed E-state index contributed by atoms with van der Waals surface area (Å²) in [5.41, 5.74) is 9.81. The van der Waals surface area contributed by atoms with Crippen molar-refractivity contribution in [3.63, 3.8) is 0 Å². The Hall–Kier alpha value is 0.309. The van der Waals surface area contributed by atoms with Gasteiger partial charge in [-0.3, -0.25) is 8.42 Å². The predicted molar refractivity (Wildman–Crippen MR) is 28.6 cm³/mol. The second-order valence-corrected chi connectivity index (χ2v) is 1.80. The van der Waals surface area contributed by atoms with Gasteiger partial charge in [0.05, 0.1) is 0 Å². The molecule has 0 fully saturated rings. The van der Waals surface area contributed by atoms with E-state index >= 15 is 0 Å². The molecule has 0 aromatic heterocycles. The van der Waals surface area contributed by atoms with E-state index in [2.05, 4.69) is 0 Å². The van der Waals surface area contributed by atoms with Gasteiger partial charge in [0.2, 0.25) is 0 Å². The van der Waals surface area contributed by atoms with E-state index in [0.29, 0.717) is 13.1 Å². The summed E-state index contributed by atoms with van der Waals surface area (Å²) in [5, 5.41) is 0. The maximum atomic E-state index is 8.52. The van der Waals surface area contributed by atoms with Crippen LogP contribution in [0.25, 0.3) is 0 Å². The van der Waals surface area contributed by atoms with Gasteiger partial charge >= 0.3 is 17.1 Å². The van der Waals surface area contributed by atoms with Crippen molar-refractivity contribution in [2.45, 2.75) is 0 Å². The molecule has 0 aliphatic heterocycles. The van der Waals surface area contributed by atoms with Gasteiger partial charge in [-0.15, -0.1) is 0 Å². The Balaban J connectivity index is -0.0000000910. The third-order valence-electron chi connectivity index (χ3n) is 0.167. The Bertz CT molecular complexity index is 124. The van der Waals surface area contributed by atoms with Crippen LogP contribution in [0, 0.1) is 0 Å². The zero-order valence-electron chi connectivity index (χ0n) is 4.96. The molecule has 8 heteroatoms. The van der Waals surface area contributed by atoms with Crippen molar-refractivity contribution < 1.29 is 34.6 Å². The number of rotatable bonds is 1. The summed E-state index contributed by atoms with van der Waals surface area (Å²) >= 11 is 0. The molecule has 0 aromatic carbocycles. The molecule has 0 bridgehead atoms. The van der Waals surface area contributed by atoms with Crippen molar-refractivity contribution >= 4 is 10.4 Å². The molecule has 0 aliphatic rings. The van der Waals surface area contributed by atoms with Crippen LogP contribution in [-0.4, -0.2) is 30.6 Å². The molecular formula is C2H8FeN2O4S. The fourth-order valence-electron chi connectivity index (χ4n) is 0. The van der Waals surface area contributed by atoms with E-state index in [1.54, 1.807) is 0 Å². The van der Waals surface area contributed by atoms with Crippen LogP contribution < -0.4 is 11.5 Å². The summed E-state index contributed by atoms with van der Waals surface area (Å²) in [5.74, 6) is 0. The third-order valence-corrected chi connectivity index (χ3v) is 0.167. The van der Waals surface area contributed by atoms with Crippen molar-refractivity contribution in [3.05, 3.63) is 0 Å². The molecule has 0 heterocycles. The molecule has 0 saturated carbocycles. The van der Waals surface area contributed by atoms with E-state index < -0.39 is 10.4 Å². The van der Waals surface area contributed by atoms with E-state index in [-0.39, 0.29) is 17.1 Å². The van der Waals surface area contributed by atoms with Crippen molar-refractivity contribution in [2.75, 3.05) is 13.1 Å². The van der Waals surface area contributed by atoms with E-state index in [0.717, 1.165) is 0 Å². The molecule has 0 spiro atoms. The first kappa shape index (κ1) is 16.7. The van der Waals surface area contributed by atoms with Crippen molar-refractivity contribution in [1.29, 1.82) is 0 Å². The van der Waals surface area contributed by atoms with Crippen LogP contribution in [0.2, 0.25) is 0 Å². The minimum atomic E-state index is -5.17. The van der Waals surface area contributed by atoms with Gasteiger partial charge in [-0.05, 0) is 0 Å². The van der Waals surface area contributed by atoms with Gasteiger partial charge in [-0.1, -0.05) is 0 Å². The average molecular weight is 212 g/mol. The molecule has 4 N–H and O–H groups in total. The molecule has 0 radical (unpaired) electrons. The first-order valence-corrected chi connectivity index (χ1v) is 3.32. The summed E-state index contributed by atoms with van der Waals surface area (Å²) < 4.78 is 34.1. The molecule has 0 aromatic rings. The Kier molecular flexibility index (Phi) is 15.6. The maximum Gasteiger partial charge on any atom is 2.00 e. The second kappa shape index (κ2) is 9.31. The standard InChI is InChI=1S/C2H8N2.Fe.H2O4S/c3-1-2-4;;1-5(2,3)4/h1-4H2;;(H2,1,2,3,4)/q;+2;/p-2. The fourth-order valence-corrected chi connectivity index (χ4v) is 0. The first-order valence-electron chi connectivity index (χ1n) is 1.98. The van der Waals surface area contributed by atoms with Crippen molar-refractivity contribution in [3.8, 4) is 0 Å². The molecule has 6 nitrogen and oxygen atoms in total. The average Bonchev–Trinajstić information content (AvgIpc) is 1.61. The molecule has 0 unspecified atom stereocenters. The van der Waals surface area contributed by atoms with Crippen LogP contribution in [0.1, 0.15) is 0 Å². The normalized spacial score (nSPS) is 8.80. The van der Waals surface area contributed by atoms with Crippen LogP contribution in [0.3, 0.4) is 0 Å². The number of hydrogen-bond donors (Lipinski definition) is 2. The van der Waals surface area contributed by atoms with Gasteiger partial charge in [0, 0.05) is 23.5 Å². The number of hydrogen-bond acceptors (Lipinski definition) is 6. The molecule has 64 valence electrons. The van der Waals surface area contributed by atoms with Gasteiger partial charge in [-0.2, -0.15) is 0 Å². The van der Waals surface area contributed by atoms with Crippen LogP contribution in [-0.2, 0) is 27.5 Å². The van der Waals surface area contributed by atoms with Gasteiger partial charge in [-0.25, -0.2) is 0 Å². The molecular weight excluding hydrogens is 204 g/mol. The maximum absolute atomic E-state index is 8.52. The quantitative estimate of drug-likeness (QED) is 0.282. The first-order chi connectivity index (χ1) is 3.91. The van der Waals surface area contributed by atoms with Crippen LogP contribution in [0.5, 0.6) is 0 Å². The Morgan fingerprint density at radius 1 is 1.10 bits per heavy atom. The summed E-state index contributed by atoms with van der Waals surface area (Å²) in [7, 11) is -5.17. The van der Waals surface area contributed by atoms with E-state index in [1.165, 1.54) is 0 Å². The summed E-state index contributed by atoms with van der Waals surface area (Å²) in [4.78, 5) is 0. The van der Waals surface area contributed by atoms with Gasteiger partial charge in [0.25, 0.3) is 0 Å². The molecule has 10 heavy (non-hydrogen) atoms. The van der Waals surface area contributed by atoms with Crippen LogP contribution in [0.15, 0.2) is 0 Å². The minimum absolute atomic E-state index is 0. The number of nitrogens with two attached hydrogens (primary N) is 2. The summed E-state index contributed by atoms with van der Waals surface area (Å²) in [6.07, 6.45) is 0.